The maximum Gasteiger partial charge on any atom is 0.461 e. The van der Waals surface area contributed by atoms with Gasteiger partial charge in [-0.25, -0.2) is 9.67 Å². The molecule has 0 radical (unpaired) electrons. The first kappa shape index (κ1) is 23.7. The molecular weight excluding hydrogens is 463 g/mol. The van der Waals surface area contributed by atoms with Crippen molar-refractivity contribution in [2.24, 2.45) is 0 Å². The van der Waals surface area contributed by atoms with Crippen molar-refractivity contribution < 1.29 is 44.4 Å². The molecule has 30 heavy (non-hydrogen) atoms. The molecule has 0 aliphatic carbocycles. The lowest BCUT2D eigenvalue weighted by molar-refractivity contribution is -0.385. The van der Waals surface area contributed by atoms with Crippen LogP contribution < -0.4 is 0 Å². The van der Waals surface area contributed by atoms with Gasteiger partial charge < -0.3 is 0 Å². The molecule has 166 valence electrons. The normalized spacial score (nSPS) is 13.6. The van der Waals surface area contributed by atoms with Gasteiger partial charge in [0, 0.05) is 11.6 Å². The van der Waals surface area contributed by atoms with Crippen LogP contribution in [0.3, 0.4) is 0 Å². The van der Waals surface area contributed by atoms with Gasteiger partial charge in [0.05, 0.1) is 11.5 Å². The first-order valence-corrected chi connectivity index (χ1v) is 7.86. The molecule has 6 nitrogen and oxygen atoms in total. The van der Waals surface area contributed by atoms with E-state index in [1.807, 2.05) is 0 Å². The zero-order chi connectivity index (χ0) is 23.3. The van der Waals surface area contributed by atoms with Gasteiger partial charge in [0.1, 0.15) is 0 Å². The quantitative estimate of drug-likeness (QED) is 0.254. The highest BCUT2D eigenvalue weighted by atomic mass is 35.5. The Labute approximate surface area is 165 Å². The van der Waals surface area contributed by atoms with Crippen LogP contribution in [0.2, 0.25) is 0 Å². The highest BCUT2D eigenvalue weighted by Crippen LogP contribution is 2.47. The van der Waals surface area contributed by atoms with Crippen molar-refractivity contribution in [3.8, 4) is 0 Å². The summed E-state index contributed by atoms with van der Waals surface area (Å²) in [5, 5.41) is 8.02. The summed E-state index contributed by atoms with van der Waals surface area (Å²) in [4.78, 5) is 12.3. The molecule has 0 atom stereocenters. The van der Waals surface area contributed by atoms with E-state index in [1.165, 1.54) is 6.92 Å². The number of benzene rings is 1. The first-order valence-electron chi connectivity index (χ1n) is 7.48. The van der Waals surface area contributed by atoms with Crippen LogP contribution in [-0.4, -0.2) is 31.2 Å². The number of nitrogens with zero attached hydrogens (tertiary/aromatic N) is 4. The van der Waals surface area contributed by atoms with Crippen LogP contribution in [0.25, 0.3) is 0 Å². The zero-order valence-electron chi connectivity index (χ0n) is 14.3. The van der Waals surface area contributed by atoms with Gasteiger partial charge in [-0.2, -0.15) is 39.5 Å². The molecule has 1 aromatic heterocycles. The molecule has 16 heteroatoms. The summed E-state index contributed by atoms with van der Waals surface area (Å²) >= 11 is 4.28. The van der Waals surface area contributed by atoms with Gasteiger partial charge in [-0.1, -0.05) is 6.07 Å². The number of rotatable bonds is 6. The number of halogens is 10. The number of nitro groups is 1. The molecule has 0 saturated heterocycles. The average Bonchev–Trinajstić information content (AvgIpc) is 2.97. The van der Waals surface area contributed by atoms with Crippen molar-refractivity contribution in [2.45, 2.75) is 36.9 Å². The number of aryl methyl sites for hydroxylation is 1. The van der Waals surface area contributed by atoms with Gasteiger partial charge in [-0.15, -0.1) is 5.10 Å². The fourth-order valence-electron chi connectivity index (χ4n) is 2.26. The van der Waals surface area contributed by atoms with Crippen LogP contribution in [0.15, 0.2) is 18.2 Å². The maximum atomic E-state index is 14.0. The first-order chi connectivity index (χ1) is 13.4. The summed E-state index contributed by atoms with van der Waals surface area (Å²) in [7, 11) is 0. The van der Waals surface area contributed by atoms with Crippen molar-refractivity contribution in [3.63, 3.8) is 0 Å². The van der Waals surface area contributed by atoms with Gasteiger partial charge in [-0.3, -0.25) is 10.1 Å². The largest absolute Gasteiger partial charge is 0.461 e. The molecule has 2 rings (SSSR count). The lowest BCUT2D eigenvalue weighted by Gasteiger charge is -2.20. The Bertz CT molecular complexity index is 969. The third-order valence-corrected chi connectivity index (χ3v) is 3.97. The molecule has 0 spiro atoms. The van der Waals surface area contributed by atoms with E-state index in [4.69, 9.17) is 0 Å². The summed E-state index contributed by atoms with van der Waals surface area (Å²) in [5.74, 6) is -16.1. The SMILES string of the molecule is Cc1cc(Cn2nc(C(F)(F)C(F)(F)F)nc2C(F)(F)C(F)(F)Cl)ccc1[N+](=O)[O-]. The third kappa shape index (κ3) is 4.15. The van der Waals surface area contributed by atoms with Gasteiger partial charge in [0.25, 0.3) is 5.69 Å². The number of alkyl halides is 10. The fourth-order valence-corrected chi connectivity index (χ4v) is 2.35. The van der Waals surface area contributed by atoms with Crippen LogP contribution in [-0.2, 0) is 18.4 Å². The van der Waals surface area contributed by atoms with Crippen molar-refractivity contribution in [1.82, 2.24) is 14.8 Å². The molecule has 0 fully saturated rings. The Balaban J connectivity index is 2.63. The summed E-state index contributed by atoms with van der Waals surface area (Å²) in [6, 6.07) is 2.83. The summed E-state index contributed by atoms with van der Waals surface area (Å²) in [6.07, 6.45) is -6.31. The number of aromatic nitrogens is 3. The third-order valence-electron chi connectivity index (χ3n) is 3.74. The van der Waals surface area contributed by atoms with Gasteiger partial charge in [-0.05, 0) is 30.2 Å². The highest BCUT2D eigenvalue weighted by Gasteiger charge is 2.64. The van der Waals surface area contributed by atoms with Crippen molar-refractivity contribution in [2.75, 3.05) is 0 Å². The van der Waals surface area contributed by atoms with Crippen LogP contribution in [0.5, 0.6) is 0 Å². The predicted molar refractivity (Wildman–Crippen MR) is 81.6 cm³/mol. The van der Waals surface area contributed by atoms with E-state index in [9.17, 15) is 49.6 Å². The van der Waals surface area contributed by atoms with Crippen LogP contribution in [0, 0.1) is 17.0 Å². The number of nitro benzene ring substituents is 1. The fraction of sp³-hybridized carbons (Fsp3) is 0.429. The Morgan fingerprint density at radius 3 is 2.07 bits per heavy atom. The second kappa shape index (κ2) is 7.28. The maximum absolute atomic E-state index is 14.0. The summed E-state index contributed by atoms with van der Waals surface area (Å²) in [6.45, 7) is 0.173. The lowest BCUT2D eigenvalue weighted by Crippen LogP contribution is -2.36. The molecule has 1 aromatic carbocycles. The van der Waals surface area contributed by atoms with E-state index < -0.39 is 52.2 Å². The summed E-state index contributed by atoms with van der Waals surface area (Å²) in [5.41, 5.74) is -0.617. The monoisotopic (exact) mass is 470 g/mol. The molecule has 0 N–H and O–H groups in total. The molecule has 0 bridgehead atoms. The minimum atomic E-state index is -6.31. The van der Waals surface area contributed by atoms with Crippen molar-refractivity contribution >= 4 is 17.3 Å². The molecule has 0 aliphatic rings. The average molecular weight is 471 g/mol. The Hall–Kier alpha value is -2.58. The van der Waals surface area contributed by atoms with Gasteiger partial charge in [0.15, 0.2) is 0 Å². The number of hydrogen-bond donors (Lipinski definition) is 0. The molecule has 0 aliphatic heterocycles. The Morgan fingerprint density at radius 2 is 1.63 bits per heavy atom. The minimum absolute atomic E-state index is 0.0329. The Morgan fingerprint density at radius 1 is 1.07 bits per heavy atom. The number of hydrogen-bond acceptors (Lipinski definition) is 4. The lowest BCUT2D eigenvalue weighted by atomic mass is 10.1. The topological polar surface area (TPSA) is 73.8 Å². The molecule has 2 aromatic rings. The second-order valence-corrected chi connectivity index (χ2v) is 6.41. The van der Waals surface area contributed by atoms with Crippen molar-refractivity contribution in [1.29, 1.82) is 0 Å². The van der Waals surface area contributed by atoms with E-state index in [0.717, 1.165) is 18.2 Å². The molecular formula is C14H8ClF9N4O2. The minimum Gasteiger partial charge on any atom is -0.258 e. The van der Waals surface area contributed by atoms with Crippen LogP contribution >= 0.6 is 11.6 Å². The van der Waals surface area contributed by atoms with E-state index in [0.29, 0.717) is 0 Å². The van der Waals surface area contributed by atoms with E-state index >= 15 is 0 Å². The van der Waals surface area contributed by atoms with Gasteiger partial charge in [0.2, 0.25) is 11.6 Å². The van der Waals surface area contributed by atoms with Crippen LogP contribution in [0.1, 0.15) is 22.8 Å². The van der Waals surface area contributed by atoms with E-state index in [1.54, 1.807) is 0 Å². The second-order valence-electron chi connectivity index (χ2n) is 5.94. The zero-order valence-corrected chi connectivity index (χ0v) is 15.1. The predicted octanol–water partition coefficient (Wildman–Crippen LogP) is 5.12. The van der Waals surface area contributed by atoms with E-state index in [-0.39, 0.29) is 15.8 Å². The molecule has 0 saturated carbocycles. The smallest absolute Gasteiger partial charge is 0.258 e. The van der Waals surface area contributed by atoms with Gasteiger partial charge >= 0.3 is 23.4 Å². The van der Waals surface area contributed by atoms with E-state index in [2.05, 4.69) is 21.7 Å². The molecule has 0 unspecified atom stereocenters. The summed E-state index contributed by atoms with van der Waals surface area (Å²) < 4.78 is 118. The van der Waals surface area contributed by atoms with Crippen LogP contribution in [0.4, 0.5) is 45.2 Å². The standard InChI is InChI=1S/C14H8ClF9N4O2/c1-6-4-7(2-3-8(6)28(29)30)5-27-10(12(18,19)13(15,20)21)25-9(26-27)11(16,17)14(22,23)24/h2-4H,5H2,1H3. The molecule has 0 amide bonds. The highest BCUT2D eigenvalue weighted by molar-refractivity contribution is 6.22. The molecule has 1 heterocycles. The Kier molecular flexibility index (Phi) is 5.75. The van der Waals surface area contributed by atoms with Crippen molar-refractivity contribution in [3.05, 3.63) is 51.1 Å².